The predicted octanol–water partition coefficient (Wildman–Crippen LogP) is -1.34. The molecule has 0 aromatic heterocycles. The Kier molecular flexibility index (Phi) is 0.799. The molecule has 1 saturated heterocycles. The second-order valence-corrected chi connectivity index (χ2v) is 1.36. The summed E-state index contributed by atoms with van der Waals surface area (Å²) in [6.45, 7) is 0.623. The molecule has 0 spiro atoms. The molecule has 1 aliphatic rings. The summed E-state index contributed by atoms with van der Waals surface area (Å²) in [5.74, 6) is 0. The quantitative estimate of drug-likeness (QED) is 0.309. The molecule has 1 aliphatic heterocycles. The lowest BCUT2D eigenvalue weighted by atomic mass is 10.4. The summed E-state index contributed by atoms with van der Waals surface area (Å²) >= 11 is 0. The van der Waals surface area contributed by atoms with E-state index in [2.05, 4.69) is 4.74 Å². The Morgan fingerprint density at radius 2 is 2.50 bits per heavy atom. The lowest BCUT2D eigenvalue weighted by Crippen LogP contribution is -2.25. The van der Waals surface area contributed by atoms with E-state index in [1.165, 1.54) is 0 Å². The van der Waals surface area contributed by atoms with Crippen LogP contribution in [-0.4, -0.2) is 24.0 Å². The van der Waals surface area contributed by atoms with E-state index in [-0.39, 0.29) is 6.10 Å². The first-order valence-electron chi connectivity index (χ1n) is 1.86. The van der Waals surface area contributed by atoms with Crippen LogP contribution in [-0.2, 0) is 4.74 Å². The van der Waals surface area contributed by atoms with E-state index in [4.69, 9.17) is 10.8 Å². The summed E-state index contributed by atoms with van der Waals surface area (Å²) in [6.07, 6.45) is -0.824. The highest BCUT2D eigenvalue weighted by Gasteiger charge is 2.27. The van der Waals surface area contributed by atoms with Crippen molar-refractivity contribution >= 4 is 0 Å². The van der Waals surface area contributed by atoms with E-state index in [1.54, 1.807) is 0 Å². The van der Waals surface area contributed by atoms with Gasteiger partial charge >= 0.3 is 0 Å². The average Bonchev–Trinajstić information content (AvgIpc) is 2.06. The Morgan fingerprint density at radius 3 is 2.50 bits per heavy atom. The van der Waals surface area contributed by atoms with Gasteiger partial charge in [-0.25, -0.2) is 0 Å². The van der Waals surface area contributed by atoms with Crippen LogP contribution in [0.25, 0.3) is 0 Å². The SMILES string of the molecule is NC(O)C1CO1. The summed E-state index contributed by atoms with van der Waals surface area (Å²) in [5.41, 5.74) is 4.93. The molecule has 1 heterocycles. The number of aliphatic hydroxyl groups excluding tert-OH is 1. The van der Waals surface area contributed by atoms with Crippen molar-refractivity contribution < 1.29 is 9.84 Å². The number of hydrogen-bond acceptors (Lipinski definition) is 3. The van der Waals surface area contributed by atoms with Crippen molar-refractivity contribution in [1.82, 2.24) is 0 Å². The standard InChI is InChI=1S/C3H7NO2/c4-3(5)2-1-6-2/h2-3,5H,1,4H2. The number of rotatable bonds is 1. The van der Waals surface area contributed by atoms with Gasteiger partial charge in [0.2, 0.25) is 0 Å². The highest BCUT2D eigenvalue weighted by Crippen LogP contribution is 2.09. The first-order chi connectivity index (χ1) is 2.80. The van der Waals surface area contributed by atoms with E-state index < -0.39 is 6.23 Å². The van der Waals surface area contributed by atoms with Crippen LogP contribution >= 0.6 is 0 Å². The molecule has 0 bridgehead atoms. The summed E-state index contributed by atoms with van der Waals surface area (Å²) in [6, 6.07) is 0. The van der Waals surface area contributed by atoms with Crippen LogP contribution in [0, 0.1) is 0 Å². The lowest BCUT2D eigenvalue weighted by Gasteiger charge is -1.91. The molecule has 6 heavy (non-hydrogen) atoms. The fourth-order valence-electron chi connectivity index (χ4n) is 0.253. The molecule has 3 heteroatoms. The third-order valence-corrected chi connectivity index (χ3v) is 0.740. The third kappa shape index (κ3) is 0.680. The Balaban J connectivity index is 2.13. The summed E-state index contributed by atoms with van der Waals surface area (Å²) in [7, 11) is 0. The summed E-state index contributed by atoms with van der Waals surface area (Å²) in [4.78, 5) is 0. The first kappa shape index (κ1) is 4.05. The predicted molar refractivity (Wildman–Crippen MR) is 19.9 cm³/mol. The molecule has 2 atom stereocenters. The van der Waals surface area contributed by atoms with Crippen LogP contribution in [0.15, 0.2) is 0 Å². The van der Waals surface area contributed by atoms with Gasteiger partial charge in [0.15, 0.2) is 0 Å². The van der Waals surface area contributed by atoms with Crippen LogP contribution in [0.4, 0.5) is 0 Å². The second-order valence-electron chi connectivity index (χ2n) is 1.36. The third-order valence-electron chi connectivity index (χ3n) is 0.740. The van der Waals surface area contributed by atoms with Crippen LogP contribution in [0.2, 0.25) is 0 Å². The highest BCUT2D eigenvalue weighted by atomic mass is 16.6. The van der Waals surface area contributed by atoms with Gasteiger partial charge in [0.1, 0.15) is 12.3 Å². The van der Waals surface area contributed by atoms with E-state index in [0.29, 0.717) is 6.61 Å². The van der Waals surface area contributed by atoms with Crippen LogP contribution < -0.4 is 5.73 Å². The van der Waals surface area contributed by atoms with Gasteiger partial charge in [0.25, 0.3) is 0 Å². The number of ether oxygens (including phenoxy) is 1. The fourth-order valence-corrected chi connectivity index (χ4v) is 0.253. The average molecular weight is 89.1 g/mol. The Labute approximate surface area is 35.7 Å². The van der Waals surface area contributed by atoms with Gasteiger partial charge in [0, 0.05) is 0 Å². The first-order valence-corrected chi connectivity index (χ1v) is 1.86. The largest absolute Gasteiger partial charge is 0.376 e. The molecular formula is C3H7NO2. The number of nitrogens with two attached hydrogens (primary N) is 1. The number of aliphatic hydroxyl groups is 1. The van der Waals surface area contributed by atoms with Crippen LogP contribution in [0.3, 0.4) is 0 Å². The smallest absolute Gasteiger partial charge is 0.131 e. The zero-order valence-corrected chi connectivity index (χ0v) is 3.29. The molecule has 0 saturated carbocycles. The monoisotopic (exact) mass is 89.0 g/mol. The number of epoxide rings is 1. The molecule has 2 unspecified atom stereocenters. The van der Waals surface area contributed by atoms with Gasteiger partial charge in [-0.2, -0.15) is 0 Å². The van der Waals surface area contributed by atoms with Gasteiger partial charge in [-0.05, 0) is 0 Å². The molecule has 1 rings (SSSR count). The van der Waals surface area contributed by atoms with Crippen molar-refractivity contribution in [3.8, 4) is 0 Å². The van der Waals surface area contributed by atoms with E-state index >= 15 is 0 Å². The summed E-state index contributed by atoms with van der Waals surface area (Å²) < 4.78 is 4.59. The molecule has 3 N–H and O–H groups in total. The van der Waals surface area contributed by atoms with Crippen molar-refractivity contribution in [3.63, 3.8) is 0 Å². The Bertz CT molecular complexity index is 50.8. The molecule has 3 nitrogen and oxygen atoms in total. The van der Waals surface area contributed by atoms with Gasteiger partial charge < -0.3 is 15.6 Å². The van der Waals surface area contributed by atoms with Crippen molar-refractivity contribution in [3.05, 3.63) is 0 Å². The molecule has 0 radical (unpaired) electrons. The topological polar surface area (TPSA) is 58.8 Å². The van der Waals surface area contributed by atoms with Crippen molar-refractivity contribution in [2.24, 2.45) is 5.73 Å². The van der Waals surface area contributed by atoms with E-state index in [9.17, 15) is 0 Å². The van der Waals surface area contributed by atoms with Crippen molar-refractivity contribution in [2.45, 2.75) is 12.3 Å². The van der Waals surface area contributed by atoms with Gasteiger partial charge in [-0.15, -0.1) is 0 Å². The van der Waals surface area contributed by atoms with Gasteiger partial charge in [0.05, 0.1) is 6.61 Å². The molecule has 0 aromatic carbocycles. The maximum atomic E-state index is 8.34. The van der Waals surface area contributed by atoms with Crippen molar-refractivity contribution in [2.75, 3.05) is 6.61 Å². The highest BCUT2D eigenvalue weighted by molar-refractivity contribution is 4.72. The van der Waals surface area contributed by atoms with Crippen LogP contribution in [0.5, 0.6) is 0 Å². The molecule has 0 aliphatic carbocycles. The molecule has 36 valence electrons. The molecule has 1 fully saturated rings. The Morgan fingerprint density at radius 1 is 2.00 bits per heavy atom. The van der Waals surface area contributed by atoms with E-state index in [0.717, 1.165) is 0 Å². The zero-order valence-electron chi connectivity index (χ0n) is 3.29. The minimum Gasteiger partial charge on any atom is -0.376 e. The van der Waals surface area contributed by atoms with Gasteiger partial charge in [-0.3, -0.25) is 0 Å². The van der Waals surface area contributed by atoms with E-state index in [1.807, 2.05) is 0 Å². The minimum atomic E-state index is -0.759. The molecule has 0 amide bonds. The number of hydrogen-bond donors (Lipinski definition) is 2. The maximum absolute atomic E-state index is 8.34. The van der Waals surface area contributed by atoms with Crippen LogP contribution in [0.1, 0.15) is 0 Å². The Hall–Kier alpha value is -0.120. The molecular weight excluding hydrogens is 82.0 g/mol. The lowest BCUT2D eigenvalue weighted by molar-refractivity contribution is 0.142. The molecule has 0 aromatic rings. The van der Waals surface area contributed by atoms with Crippen molar-refractivity contribution in [1.29, 1.82) is 0 Å². The minimum absolute atomic E-state index is 0.0648. The maximum Gasteiger partial charge on any atom is 0.131 e. The summed E-state index contributed by atoms with van der Waals surface area (Å²) in [5, 5.41) is 8.34. The fraction of sp³-hybridized carbons (Fsp3) is 1.00. The second kappa shape index (κ2) is 1.18. The normalized spacial score (nSPS) is 36.0. The zero-order chi connectivity index (χ0) is 4.57. The van der Waals surface area contributed by atoms with Gasteiger partial charge in [-0.1, -0.05) is 0 Å².